The summed E-state index contributed by atoms with van der Waals surface area (Å²) < 4.78 is 5.00. The number of piperidine rings is 1. The van der Waals surface area contributed by atoms with Crippen LogP contribution in [0.5, 0.6) is 0 Å². The summed E-state index contributed by atoms with van der Waals surface area (Å²) in [6.07, 6.45) is 5.46. The maximum absolute atomic E-state index is 12.2. The lowest BCUT2D eigenvalue weighted by atomic mass is 9.96. The smallest absolute Gasteiger partial charge is 0.224 e. The first kappa shape index (κ1) is 15.4. The average molecular weight is 304 g/mol. The molecule has 120 valence electrons. The van der Waals surface area contributed by atoms with E-state index in [1.54, 1.807) is 7.11 Å². The highest BCUT2D eigenvalue weighted by atomic mass is 16.5. The molecule has 1 atom stereocenters. The van der Waals surface area contributed by atoms with Crippen LogP contribution in [0.1, 0.15) is 42.3 Å². The molecule has 1 aromatic heterocycles. The third kappa shape index (κ3) is 3.44. The number of rotatable bonds is 4. The molecule has 1 saturated heterocycles. The van der Waals surface area contributed by atoms with Crippen LogP contribution in [0.2, 0.25) is 0 Å². The number of carbonyl (C=O) groups excluding carboxylic acids is 1. The van der Waals surface area contributed by atoms with Gasteiger partial charge < -0.3 is 15.0 Å². The normalized spacial score (nSPS) is 21.5. The quantitative estimate of drug-likeness (QED) is 0.894. The van der Waals surface area contributed by atoms with E-state index in [9.17, 15) is 4.79 Å². The SMILES string of the molecule is COCCC(=O)N1CCC[C@H](c2ncc3c(n2)CCNC3)C1. The minimum atomic E-state index is 0.175. The Bertz CT molecular complexity index is 535. The molecule has 2 aliphatic rings. The molecule has 2 aliphatic heterocycles. The van der Waals surface area contributed by atoms with Crippen LogP contribution in [0.15, 0.2) is 6.20 Å². The fraction of sp³-hybridized carbons (Fsp3) is 0.688. The Morgan fingerprint density at radius 1 is 1.55 bits per heavy atom. The number of nitrogens with one attached hydrogen (secondary N) is 1. The van der Waals surface area contributed by atoms with Gasteiger partial charge in [-0.15, -0.1) is 0 Å². The van der Waals surface area contributed by atoms with Crippen molar-refractivity contribution < 1.29 is 9.53 Å². The Morgan fingerprint density at radius 2 is 2.45 bits per heavy atom. The van der Waals surface area contributed by atoms with Gasteiger partial charge in [0.05, 0.1) is 13.0 Å². The molecule has 0 spiro atoms. The van der Waals surface area contributed by atoms with Gasteiger partial charge in [-0.1, -0.05) is 0 Å². The predicted octanol–water partition coefficient (Wildman–Crippen LogP) is 0.865. The van der Waals surface area contributed by atoms with Crippen molar-refractivity contribution in [3.8, 4) is 0 Å². The molecule has 0 radical (unpaired) electrons. The van der Waals surface area contributed by atoms with Gasteiger partial charge in [-0.05, 0) is 12.8 Å². The molecule has 0 saturated carbocycles. The van der Waals surface area contributed by atoms with Gasteiger partial charge in [-0.2, -0.15) is 0 Å². The zero-order chi connectivity index (χ0) is 15.4. The monoisotopic (exact) mass is 304 g/mol. The highest BCUT2D eigenvalue weighted by molar-refractivity contribution is 5.76. The number of ether oxygens (including phenoxy) is 1. The molecule has 1 amide bonds. The minimum Gasteiger partial charge on any atom is -0.384 e. The van der Waals surface area contributed by atoms with Crippen LogP contribution >= 0.6 is 0 Å². The molecule has 3 heterocycles. The molecule has 1 N–H and O–H groups in total. The van der Waals surface area contributed by atoms with Gasteiger partial charge in [0.15, 0.2) is 0 Å². The van der Waals surface area contributed by atoms with Crippen LogP contribution in [-0.4, -0.2) is 54.1 Å². The van der Waals surface area contributed by atoms with Crippen LogP contribution in [0.3, 0.4) is 0 Å². The molecule has 0 unspecified atom stereocenters. The second-order valence-electron chi connectivity index (χ2n) is 6.05. The summed E-state index contributed by atoms with van der Waals surface area (Å²) in [5.41, 5.74) is 2.38. The van der Waals surface area contributed by atoms with E-state index in [4.69, 9.17) is 9.72 Å². The Labute approximate surface area is 131 Å². The van der Waals surface area contributed by atoms with E-state index in [0.29, 0.717) is 13.0 Å². The number of aromatic nitrogens is 2. The lowest BCUT2D eigenvalue weighted by Crippen LogP contribution is -2.40. The van der Waals surface area contributed by atoms with Crippen molar-refractivity contribution in [3.63, 3.8) is 0 Å². The topological polar surface area (TPSA) is 67.3 Å². The molecular formula is C16H24N4O2. The third-order valence-corrected chi connectivity index (χ3v) is 4.49. The lowest BCUT2D eigenvalue weighted by molar-refractivity contribution is -0.133. The first-order valence-corrected chi connectivity index (χ1v) is 8.10. The molecule has 0 aromatic carbocycles. The Morgan fingerprint density at radius 3 is 3.32 bits per heavy atom. The van der Waals surface area contributed by atoms with Gasteiger partial charge >= 0.3 is 0 Å². The van der Waals surface area contributed by atoms with Crippen LogP contribution in [0.25, 0.3) is 0 Å². The predicted molar refractivity (Wildman–Crippen MR) is 82.5 cm³/mol. The van der Waals surface area contributed by atoms with E-state index in [-0.39, 0.29) is 11.8 Å². The second-order valence-corrected chi connectivity index (χ2v) is 6.05. The number of hydrogen-bond donors (Lipinski definition) is 1. The van der Waals surface area contributed by atoms with Gasteiger partial charge in [-0.3, -0.25) is 4.79 Å². The molecule has 22 heavy (non-hydrogen) atoms. The van der Waals surface area contributed by atoms with Crippen molar-refractivity contribution in [2.75, 3.05) is 33.4 Å². The highest BCUT2D eigenvalue weighted by Gasteiger charge is 2.27. The molecule has 1 aromatic rings. The largest absolute Gasteiger partial charge is 0.384 e. The summed E-state index contributed by atoms with van der Waals surface area (Å²) >= 11 is 0. The number of amides is 1. The van der Waals surface area contributed by atoms with E-state index in [2.05, 4.69) is 10.3 Å². The van der Waals surface area contributed by atoms with E-state index in [1.807, 2.05) is 11.1 Å². The maximum Gasteiger partial charge on any atom is 0.224 e. The first-order chi connectivity index (χ1) is 10.8. The number of carbonyl (C=O) groups is 1. The van der Waals surface area contributed by atoms with E-state index in [1.165, 1.54) is 11.3 Å². The van der Waals surface area contributed by atoms with Gasteiger partial charge in [-0.25, -0.2) is 9.97 Å². The molecule has 3 rings (SSSR count). The van der Waals surface area contributed by atoms with Crippen LogP contribution < -0.4 is 5.32 Å². The van der Waals surface area contributed by atoms with Crippen molar-refractivity contribution in [2.45, 2.75) is 38.1 Å². The Balaban J connectivity index is 1.68. The lowest BCUT2D eigenvalue weighted by Gasteiger charge is -2.32. The van der Waals surface area contributed by atoms with Gasteiger partial charge in [0, 0.05) is 63.1 Å². The summed E-state index contributed by atoms with van der Waals surface area (Å²) in [5.74, 6) is 1.35. The van der Waals surface area contributed by atoms with E-state index in [0.717, 1.165) is 51.3 Å². The fourth-order valence-corrected chi connectivity index (χ4v) is 3.21. The molecule has 6 heteroatoms. The van der Waals surface area contributed by atoms with Gasteiger partial charge in [0.2, 0.25) is 5.91 Å². The molecular weight excluding hydrogens is 280 g/mol. The molecule has 0 aliphatic carbocycles. The summed E-state index contributed by atoms with van der Waals surface area (Å²) in [6.45, 7) is 3.91. The molecule has 1 fully saturated rings. The van der Waals surface area contributed by atoms with Crippen LogP contribution in [0, 0.1) is 0 Å². The molecule has 0 bridgehead atoms. The second kappa shape index (κ2) is 7.15. The zero-order valence-corrected chi connectivity index (χ0v) is 13.2. The number of fused-ring (bicyclic) bond motifs is 1. The zero-order valence-electron chi connectivity index (χ0n) is 13.2. The first-order valence-electron chi connectivity index (χ1n) is 8.10. The van der Waals surface area contributed by atoms with Crippen molar-refractivity contribution in [3.05, 3.63) is 23.3 Å². The summed E-state index contributed by atoms with van der Waals surface area (Å²) in [6, 6.07) is 0. The summed E-state index contributed by atoms with van der Waals surface area (Å²) in [7, 11) is 1.63. The Kier molecular flexibility index (Phi) is 5.00. The van der Waals surface area contributed by atoms with Crippen molar-refractivity contribution in [2.24, 2.45) is 0 Å². The average Bonchev–Trinajstić information content (AvgIpc) is 2.59. The van der Waals surface area contributed by atoms with E-state index < -0.39 is 0 Å². The fourth-order valence-electron chi connectivity index (χ4n) is 3.21. The maximum atomic E-state index is 12.2. The third-order valence-electron chi connectivity index (χ3n) is 4.49. The summed E-state index contributed by atoms with van der Waals surface area (Å²) in [4.78, 5) is 23.4. The number of nitrogens with zero attached hydrogens (tertiary/aromatic N) is 3. The van der Waals surface area contributed by atoms with Crippen molar-refractivity contribution in [1.82, 2.24) is 20.2 Å². The molecule has 6 nitrogen and oxygen atoms in total. The van der Waals surface area contributed by atoms with Gasteiger partial charge in [0.1, 0.15) is 5.82 Å². The van der Waals surface area contributed by atoms with Crippen molar-refractivity contribution in [1.29, 1.82) is 0 Å². The van der Waals surface area contributed by atoms with Crippen LogP contribution in [-0.2, 0) is 22.5 Å². The Hall–Kier alpha value is -1.53. The number of hydrogen-bond acceptors (Lipinski definition) is 5. The van der Waals surface area contributed by atoms with Gasteiger partial charge in [0.25, 0.3) is 0 Å². The van der Waals surface area contributed by atoms with E-state index >= 15 is 0 Å². The highest BCUT2D eigenvalue weighted by Crippen LogP contribution is 2.25. The summed E-state index contributed by atoms with van der Waals surface area (Å²) in [5, 5.41) is 3.34. The minimum absolute atomic E-state index is 0.175. The van der Waals surface area contributed by atoms with Crippen LogP contribution in [0.4, 0.5) is 0 Å². The number of methoxy groups -OCH3 is 1. The standard InChI is InChI=1S/C16H24N4O2/c1-22-8-5-15(21)20-7-2-3-12(11-20)16-18-10-13-9-17-6-4-14(13)19-16/h10,12,17H,2-9,11H2,1H3/t12-/m0/s1. The van der Waals surface area contributed by atoms with Crippen molar-refractivity contribution >= 4 is 5.91 Å². The number of likely N-dealkylation sites (tertiary alicyclic amines) is 1.